The van der Waals surface area contributed by atoms with Crippen molar-refractivity contribution in [3.63, 3.8) is 0 Å². The predicted octanol–water partition coefficient (Wildman–Crippen LogP) is 2.46. The Balaban J connectivity index is 2.99. The van der Waals surface area contributed by atoms with Crippen LogP contribution >= 0.6 is 0 Å². The molecule has 0 bridgehead atoms. The van der Waals surface area contributed by atoms with Crippen molar-refractivity contribution in [2.75, 3.05) is 13.1 Å². The molecule has 0 aliphatic rings. The van der Waals surface area contributed by atoms with E-state index in [1.54, 1.807) is 0 Å². The first kappa shape index (κ1) is 15.2. The van der Waals surface area contributed by atoms with Gasteiger partial charge >= 0.3 is 0 Å². The van der Waals surface area contributed by atoms with Gasteiger partial charge in [-0.2, -0.15) is 0 Å². The van der Waals surface area contributed by atoms with E-state index in [1.165, 1.54) is 51.4 Å². The maximum absolute atomic E-state index is 8.30. The molecule has 4 N–H and O–H groups in total. The molecule has 0 heterocycles. The first-order chi connectivity index (χ1) is 7.81. The monoisotopic (exact) mass is 229 g/mol. The zero-order valence-electron chi connectivity index (χ0n) is 10.5. The van der Waals surface area contributed by atoms with E-state index in [9.17, 15) is 0 Å². The fourth-order valence-electron chi connectivity index (χ4n) is 1.64. The number of amidine groups is 1. The van der Waals surface area contributed by atoms with Crippen LogP contribution < -0.4 is 11.1 Å². The third-order valence-corrected chi connectivity index (χ3v) is 2.64. The van der Waals surface area contributed by atoms with Crippen LogP contribution in [-0.2, 0) is 0 Å². The van der Waals surface area contributed by atoms with E-state index < -0.39 is 0 Å². The molecule has 0 aliphatic heterocycles. The SMILES string of the molecule is CCCCCCCCCCNCC(N)=NO. The second kappa shape index (κ2) is 12.3. The average Bonchev–Trinajstić information content (AvgIpc) is 2.31. The van der Waals surface area contributed by atoms with Gasteiger partial charge in [-0.25, -0.2) is 0 Å². The molecule has 0 fully saturated rings. The average molecular weight is 229 g/mol. The molecular weight excluding hydrogens is 202 g/mol. The Bertz CT molecular complexity index is 172. The van der Waals surface area contributed by atoms with Crippen molar-refractivity contribution in [1.82, 2.24) is 5.32 Å². The zero-order chi connectivity index (χ0) is 12.1. The number of unbranched alkanes of at least 4 members (excludes halogenated alkanes) is 7. The van der Waals surface area contributed by atoms with Crippen LogP contribution in [-0.4, -0.2) is 24.1 Å². The highest BCUT2D eigenvalue weighted by Crippen LogP contribution is 2.07. The van der Waals surface area contributed by atoms with Crippen LogP contribution in [0.25, 0.3) is 0 Å². The molecule has 16 heavy (non-hydrogen) atoms. The molecule has 0 saturated carbocycles. The molecule has 96 valence electrons. The summed E-state index contributed by atoms with van der Waals surface area (Å²) in [6, 6.07) is 0. The molecule has 0 amide bonds. The van der Waals surface area contributed by atoms with Gasteiger partial charge in [-0.15, -0.1) is 0 Å². The molecule has 0 radical (unpaired) electrons. The molecular formula is C12H27N3O. The van der Waals surface area contributed by atoms with Crippen molar-refractivity contribution in [1.29, 1.82) is 0 Å². The zero-order valence-corrected chi connectivity index (χ0v) is 10.5. The summed E-state index contributed by atoms with van der Waals surface area (Å²) in [6.45, 7) is 3.67. The normalized spacial score (nSPS) is 11.9. The summed E-state index contributed by atoms with van der Waals surface area (Å²) in [5.41, 5.74) is 5.32. The van der Waals surface area contributed by atoms with Gasteiger partial charge in [0.05, 0.1) is 6.54 Å². The summed E-state index contributed by atoms with van der Waals surface area (Å²) in [6.07, 6.45) is 10.6. The lowest BCUT2D eigenvalue weighted by atomic mass is 10.1. The first-order valence-electron chi connectivity index (χ1n) is 6.48. The van der Waals surface area contributed by atoms with E-state index in [2.05, 4.69) is 17.4 Å². The molecule has 0 aromatic carbocycles. The summed E-state index contributed by atoms with van der Waals surface area (Å²) in [7, 11) is 0. The molecule has 0 rings (SSSR count). The lowest BCUT2D eigenvalue weighted by Crippen LogP contribution is -2.29. The Labute approximate surface area is 99.3 Å². The van der Waals surface area contributed by atoms with Gasteiger partial charge in [0.15, 0.2) is 5.84 Å². The van der Waals surface area contributed by atoms with Gasteiger partial charge in [0.25, 0.3) is 0 Å². The number of nitrogens with zero attached hydrogens (tertiary/aromatic N) is 1. The van der Waals surface area contributed by atoms with E-state index in [1.807, 2.05) is 0 Å². The van der Waals surface area contributed by atoms with Crippen molar-refractivity contribution in [3.05, 3.63) is 0 Å². The van der Waals surface area contributed by atoms with Gasteiger partial charge < -0.3 is 16.3 Å². The Hall–Kier alpha value is -0.770. The lowest BCUT2D eigenvalue weighted by Gasteiger charge is -2.03. The first-order valence-corrected chi connectivity index (χ1v) is 6.48. The maximum Gasteiger partial charge on any atom is 0.153 e. The van der Waals surface area contributed by atoms with Crippen LogP contribution in [0, 0.1) is 0 Å². The second-order valence-electron chi connectivity index (χ2n) is 4.24. The predicted molar refractivity (Wildman–Crippen MR) is 68.9 cm³/mol. The topological polar surface area (TPSA) is 70.6 Å². The van der Waals surface area contributed by atoms with Crippen LogP contribution in [0.3, 0.4) is 0 Å². The molecule has 0 unspecified atom stereocenters. The molecule has 4 nitrogen and oxygen atoms in total. The van der Waals surface area contributed by atoms with Gasteiger partial charge in [-0.3, -0.25) is 0 Å². The molecule has 4 heteroatoms. The van der Waals surface area contributed by atoms with Crippen molar-refractivity contribution in [3.8, 4) is 0 Å². The van der Waals surface area contributed by atoms with Crippen LogP contribution in [0.5, 0.6) is 0 Å². The highest BCUT2D eigenvalue weighted by Gasteiger charge is 1.93. The van der Waals surface area contributed by atoms with Gasteiger partial charge in [0.2, 0.25) is 0 Å². The van der Waals surface area contributed by atoms with E-state index in [-0.39, 0.29) is 5.84 Å². The van der Waals surface area contributed by atoms with Crippen LogP contribution in [0.1, 0.15) is 58.3 Å². The summed E-state index contributed by atoms with van der Waals surface area (Å²) < 4.78 is 0. The standard InChI is InChI=1S/C12H27N3O/c1-2-3-4-5-6-7-8-9-10-14-11-12(13)15-16/h14,16H,2-11H2,1H3,(H2,13,15). The minimum absolute atomic E-state index is 0.250. The molecule has 0 aliphatic carbocycles. The van der Waals surface area contributed by atoms with Gasteiger partial charge in [-0.05, 0) is 13.0 Å². The number of nitrogens with one attached hydrogen (secondary N) is 1. The summed E-state index contributed by atoms with van der Waals surface area (Å²) in [5.74, 6) is 0.250. The Morgan fingerprint density at radius 3 is 2.19 bits per heavy atom. The van der Waals surface area contributed by atoms with Crippen molar-refractivity contribution >= 4 is 5.84 Å². The second-order valence-corrected chi connectivity index (χ2v) is 4.24. The van der Waals surface area contributed by atoms with Gasteiger partial charge in [0, 0.05) is 0 Å². The molecule has 0 spiro atoms. The summed E-state index contributed by atoms with van der Waals surface area (Å²) in [5, 5.41) is 14.3. The third-order valence-electron chi connectivity index (χ3n) is 2.64. The molecule has 0 atom stereocenters. The quantitative estimate of drug-likeness (QED) is 0.167. The van der Waals surface area contributed by atoms with E-state index in [0.717, 1.165) is 6.54 Å². The van der Waals surface area contributed by atoms with Crippen molar-refractivity contribution < 1.29 is 5.21 Å². The fraction of sp³-hybridized carbons (Fsp3) is 0.917. The highest BCUT2D eigenvalue weighted by molar-refractivity contribution is 5.81. The molecule has 0 aromatic rings. The number of oxime groups is 1. The smallest absolute Gasteiger partial charge is 0.153 e. The number of hydrogen-bond donors (Lipinski definition) is 3. The highest BCUT2D eigenvalue weighted by atomic mass is 16.4. The fourth-order valence-corrected chi connectivity index (χ4v) is 1.64. The van der Waals surface area contributed by atoms with Gasteiger partial charge in [-0.1, -0.05) is 57.0 Å². The Morgan fingerprint density at radius 2 is 1.62 bits per heavy atom. The lowest BCUT2D eigenvalue weighted by molar-refractivity contribution is 0.317. The van der Waals surface area contributed by atoms with Crippen LogP contribution in [0.2, 0.25) is 0 Å². The summed E-state index contributed by atoms with van der Waals surface area (Å²) >= 11 is 0. The maximum atomic E-state index is 8.30. The van der Waals surface area contributed by atoms with Crippen molar-refractivity contribution in [2.24, 2.45) is 10.9 Å². The van der Waals surface area contributed by atoms with Crippen LogP contribution in [0.15, 0.2) is 5.16 Å². The number of hydrogen-bond acceptors (Lipinski definition) is 3. The molecule has 0 aromatic heterocycles. The number of rotatable bonds is 11. The third kappa shape index (κ3) is 11.3. The van der Waals surface area contributed by atoms with E-state index >= 15 is 0 Å². The Morgan fingerprint density at radius 1 is 1.06 bits per heavy atom. The van der Waals surface area contributed by atoms with E-state index in [4.69, 9.17) is 10.9 Å². The largest absolute Gasteiger partial charge is 0.409 e. The minimum atomic E-state index is 0.250. The van der Waals surface area contributed by atoms with Crippen molar-refractivity contribution in [2.45, 2.75) is 58.3 Å². The van der Waals surface area contributed by atoms with Crippen LogP contribution in [0.4, 0.5) is 0 Å². The molecule has 0 saturated heterocycles. The minimum Gasteiger partial charge on any atom is -0.409 e. The Kier molecular flexibility index (Phi) is 11.7. The summed E-state index contributed by atoms with van der Waals surface area (Å²) in [4.78, 5) is 0. The van der Waals surface area contributed by atoms with Gasteiger partial charge in [0.1, 0.15) is 0 Å². The van der Waals surface area contributed by atoms with E-state index in [0.29, 0.717) is 6.54 Å². The number of nitrogens with two attached hydrogens (primary N) is 1.